The molecule has 128 valence electrons. The van der Waals surface area contributed by atoms with Crippen LogP contribution in [0.4, 0.5) is 4.79 Å². The molecule has 2 N–H and O–H groups in total. The first-order valence-corrected chi connectivity index (χ1v) is 8.60. The Balaban J connectivity index is 1.72. The van der Waals surface area contributed by atoms with Crippen molar-refractivity contribution >= 4 is 6.09 Å². The topological polar surface area (TPSA) is 67.8 Å². The number of aliphatic hydroxyl groups is 1. The van der Waals surface area contributed by atoms with Gasteiger partial charge in [-0.3, -0.25) is 0 Å². The minimum Gasteiger partial charge on any atom is -0.444 e. The van der Waals surface area contributed by atoms with Crippen molar-refractivity contribution in [3.8, 4) is 0 Å². The van der Waals surface area contributed by atoms with Crippen molar-refractivity contribution in [2.24, 2.45) is 11.8 Å². The molecule has 0 aromatic heterocycles. The number of rotatable bonds is 3. The predicted molar refractivity (Wildman–Crippen MR) is 84.7 cm³/mol. The van der Waals surface area contributed by atoms with E-state index in [4.69, 9.17) is 9.47 Å². The van der Waals surface area contributed by atoms with Crippen LogP contribution in [0.25, 0.3) is 0 Å². The van der Waals surface area contributed by atoms with Gasteiger partial charge < -0.3 is 19.9 Å². The van der Waals surface area contributed by atoms with Crippen molar-refractivity contribution in [2.45, 2.75) is 77.0 Å². The Labute approximate surface area is 133 Å². The van der Waals surface area contributed by atoms with Gasteiger partial charge in [0.2, 0.25) is 0 Å². The Bertz CT molecular complexity index is 352. The number of hydrogen-bond acceptors (Lipinski definition) is 4. The molecule has 2 rings (SSSR count). The summed E-state index contributed by atoms with van der Waals surface area (Å²) < 4.78 is 10.7. The molecule has 0 aromatic rings. The van der Waals surface area contributed by atoms with Crippen LogP contribution >= 0.6 is 0 Å². The fourth-order valence-corrected chi connectivity index (χ4v) is 3.52. The average Bonchev–Trinajstić information content (AvgIpc) is 2.46. The van der Waals surface area contributed by atoms with Crippen LogP contribution in [-0.2, 0) is 9.47 Å². The number of aliphatic hydroxyl groups excluding tert-OH is 1. The van der Waals surface area contributed by atoms with E-state index in [9.17, 15) is 9.90 Å². The lowest BCUT2D eigenvalue weighted by atomic mass is 9.77. The second-order valence-electron chi connectivity index (χ2n) is 7.70. The molecule has 0 bridgehead atoms. The lowest BCUT2D eigenvalue weighted by Gasteiger charge is -2.36. The number of nitrogens with one attached hydrogen (secondary N) is 1. The number of carbonyl (C=O) groups excluding carboxylic acids is 1. The van der Waals surface area contributed by atoms with Crippen molar-refractivity contribution in [3.63, 3.8) is 0 Å². The maximum Gasteiger partial charge on any atom is 0.407 e. The molecule has 1 saturated carbocycles. The minimum atomic E-state index is -0.458. The fraction of sp³-hybridized carbons (Fsp3) is 0.941. The summed E-state index contributed by atoms with van der Waals surface area (Å²) >= 11 is 0. The van der Waals surface area contributed by atoms with Gasteiger partial charge in [-0.1, -0.05) is 0 Å². The van der Waals surface area contributed by atoms with Gasteiger partial charge in [0, 0.05) is 19.3 Å². The highest BCUT2D eigenvalue weighted by Crippen LogP contribution is 2.33. The zero-order valence-electron chi connectivity index (χ0n) is 14.1. The van der Waals surface area contributed by atoms with Crippen molar-refractivity contribution in [2.75, 3.05) is 13.2 Å². The molecule has 5 heteroatoms. The maximum atomic E-state index is 11.8. The number of hydrogen-bond donors (Lipinski definition) is 2. The van der Waals surface area contributed by atoms with Crippen LogP contribution in [0, 0.1) is 11.8 Å². The molecule has 1 atom stereocenters. The molecule has 1 unspecified atom stereocenters. The van der Waals surface area contributed by atoms with Crippen LogP contribution in [0.2, 0.25) is 0 Å². The monoisotopic (exact) mass is 313 g/mol. The van der Waals surface area contributed by atoms with Crippen LogP contribution in [0.15, 0.2) is 0 Å². The first kappa shape index (κ1) is 17.5. The van der Waals surface area contributed by atoms with Crippen LogP contribution in [-0.4, -0.2) is 42.2 Å². The third-order valence-electron chi connectivity index (χ3n) is 4.72. The molecular formula is C17H31NO4. The molecule has 2 fully saturated rings. The molecule has 1 aliphatic heterocycles. The SMILES string of the molecule is CC(C)(C)OC(=O)NC1CCC(C(O)C2CCOCC2)CC1. The van der Waals surface area contributed by atoms with E-state index >= 15 is 0 Å². The Morgan fingerprint density at radius 1 is 1.09 bits per heavy atom. The summed E-state index contributed by atoms with van der Waals surface area (Å²) in [6, 6.07) is 0.174. The zero-order valence-corrected chi connectivity index (χ0v) is 14.1. The normalized spacial score (nSPS) is 28.9. The smallest absolute Gasteiger partial charge is 0.407 e. The van der Waals surface area contributed by atoms with Crippen molar-refractivity contribution < 1.29 is 19.4 Å². The molecule has 0 spiro atoms. The Morgan fingerprint density at radius 2 is 1.64 bits per heavy atom. The summed E-state index contributed by atoms with van der Waals surface area (Å²) in [6.07, 6.45) is 5.17. The third kappa shape index (κ3) is 5.43. The average molecular weight is 313 g/mol. The first-order chi connectivity index (χ1) is 10.3. The van der Waals surface area contributed by atoms with E-state index in [-0.39, 0.29) is 18.2 Å². The van der Waals surface area contributed by atoms with Crippen LogP contribution in [0.1, 0.15) is 59.3 Å². The Morgan fingerprint density at radius 3 is 2.18 bits per heavy atom. The number of ether oxygens (including phenoxy) is 2. The number of amides is 1. The summed E-state index contributed by atoms with van der Waals surface area (Å²) in [5.74, 6) is 0.744. The van der Waals surface area contributed by atoms with Crippen molar-refractivity contribution in [1.82, 2.24) is 5.32 Å². The van der Waals surface area contributed by atoms with Gasteiger partial charge in [-0.25, -0.2) is 4.79 Å². The van der Waals surface area contributed by atoms with Crippen molar-refractivity contribution in [1.29, 1.82) is 0 Å². The van der Waals surface area contributed by atoms with E-state index in [1.54, 1.807) is 0 Å². The van der Waals surface area contributed by atoms with E-state index in [1.807, 2.05) is 20.8 Å². The lowest BCUT2D eigenvalue weighted by Crippen LogP contribution is -2.43. The third-order valence-corrected chi connectivity index (χ3v) is 4.72. The molecule has 1 heterocycles. The van der Waals surface area contributed by atoms with Crippen LogP contribution in [0.5, 0.6) is 0 Å². The molecule has 1 saturated heterocycles. The highest BCUT2D eigenvalue weighted by Gasteiger charge is 2.33. The minimum absolute atomic E-state index is 0.174. The summed E-state index contributed by atoms with van der Waals surface area (Å²) in [6.45, 7) is 7.16. The van der Waals surface area contributed by atoms with Gasteiger partial charge in [-0.2, -0.15) is 0 Å². The lowest BCUT2D eigenvalue weighted by molar-refractivity contribution is -0.0270. The van der Waals surface area contributed by atoms with Crippen LogP contribution in [0.3, 0.4) is 0 Å². The van der Waals surface area contributed by atoms with Gasteiger partial charge in [0.1, 0.15) is 5.60 Å². The van der Waals surface area contributed by atoms with E-state index in [0.717, 1.165) is 51.7 Å². The van der Waals surface area contributed by atoms with Gasteiger partial charge >= 0.3 is 6.09 Å². The molecular weight excluding hydrogens is 282 g/mol. The Hall–Kier alpha value is -0.810. The molecule has 22 heavy (non-hydrogen) atoms. The molecule has 0 aromatic carbocycles. The van der Waals surface area contributed by atoms with Gasteiger partial charge in [0.05, 0.1) is 6.10 Å². The van der Waals surface area contributed by atoms with Crippen LogP contribution < -0.4 is 5.32 Å². The highest BCUT2D eigenvalue weighted by atomic mass is 16.6. The highest BCUT2D eigenvalue weighted by molar-refractivity contribution is 5.68. The zero-order chi connectivity index (χ0) is 16.2. The standard InChI is InChI=1S/C17H31NO4/c1-17(2,3)22-16(20)18-14-6-4-12(5-7-14)15(19)13-8-10-21-11-9-13/h12-15,19H,4-11H2,1-3H3,(H,18,20). The number of alkyl carbamates (subject to hydrolysis) is 1. The van der Waals surface area contributed by atoms with E-state index in [2.05, 4.69) is 5.32 Å². The molecule has 2 aliphatic rings. The fourth-order valence-electron chi connectivity index (χ4n) is 3.52. The van der Waals surface area contributed by atoms with E-state index in [0.29, 0.717) is 11.8 Å². The second-order valence-corrected chi connectivity index (χ2v) is 7.70. The molecule has 1 aliphatic carbocycles. The van der Waals surface area contributed by atoms with Gasteiger partial charge in [0.15, 0.2) is 0 Å². The van der Waals surface area contributed by atoms with Crippen molar-refractivity contribution in [3.05, 3.63) is 0 Å². The predicted octanol–water partition coefficient (Wildman–Crippen LogP) is 2.86. The molecule has 1 amide bonds. The first-order valence-electron chi connectivity index (χ1n) is 8.60. The number of carbonyl (C=O) groups is 1. The summed E-state index contributed by atoms with van der Waals surface area (Å²) in [5, 5.41) is 13.5. The van der Waals surface area contributed by atoms with Gasteiger partial charge in [0.25, 0.3) is 0 Å². The van der Waals surface area contributed by atoms with Gasteiger partial charge in [-0.05, 0) is 71.1 Å². The molecule has 0 radical (unpaired) electrons. The van der Waals surface area contributed by atoms with E-state index in [1.165, 1.54) is 0 Å². The maximum absolute atomic E-state index is 11.8. The largest absolute Gasteiger partial charge is 0.444 e. The van der Waals surface area contributed by atoms with Gasteiger partial charge in [-0.15, -0.1) is 0 Å². The summed E-state index contributed by atoms with van der Waals surface area (Å²) in [5.41, 5.74) is -0.458. The summed E-state index contributed by atoms with van der Waals surface area (Å²) in [7, 11) is 0. The quantitative estimate of drug-likeness (QED) is 0.841. The summed E-state index contributed by atoms with van der Waals surface area (Å²) in [4.78, 5) is 11.8. The molecule has 5 nitrogen and oxygen atoms in total. The second kappa shape index (κ2) is 7.64. The van der Waals surface area contributed by atoms with E-state index < -0.39 is 5.60 Å². The Kier molecular flexibility index (Phi) is 6.09.